The maximum Gasteiger partial charge on any atom is 0.416 e. The molecule has 0 atom stereocenters. The molecular weight excluding hydrogens is 334 g/mol. The van der Waals surface area contributed by atoms with Crippen LogP contribution >= 0.6 is 0 Å². The van der Waals surface area contributed by atoms with Crippen molar-refractivity contribution in [2.45, 2.75) is 18.9 Å². The van der Waals surface area contributed by atoms with Crippen LogP contribution in [0.15, 0.2) is 48.7 Å². The van der Waals surface area contributed by atoms with E-state index in [1.165, 1.54) is 10.9 Å². The van der Waals surface area contributed by atoms with Crippen molar-refractivity contribution in [2.75, 3.05) is 0 Å². The Labute approximate surface area is 132 Å². The molecule has 0 unspecified atom stereocenters. The first-order valence-electron chi connectivity index (χ1n) is 6.84. The molecule has 0 bridgehead atoms. The van der Waals surface area contributed by atoms with Gasteiger partial charge in [0.2, 0.25) is 0 Å². The van der Waals surface area contributed by atoms with E-state index in [1.54, 1.807) is 24.3 Å². The monoisotopic (exact) mass is 344 g/mol. The summed E-state index contributed by atoms with van der Waals surface area (Å²) in [6.45, 7) is -0.277. The minimum atomic E-state index is -4.89. The molecular formula is C16H10F6N2. The molecule has 8 heteroatoms. The predicted molar refractivity (Wildman–Crippen MR) is 75.3 cm³/mol. The SMILES string of the molecule is FC(F)(F)c1ccc(Cn2ncc3ccccc32)c(C(F)(F)F)c1. The van der Waals surface area contributed by atoms with Gasteiger partial charge in [-0.15, -0.1) is 0 Å². The van der Waals surface area contributed by atoms with Crippen LogP contribution in [0.25, 0.3) is 10.9 Å². The van der Waals surface area contributed by atoms with Gasteiger partial charge in [0.25, 0.3) is 0 Å². The summed E-state index contributed by atoms with van der Waals surface area (Å²) in [5.41, 5.74) is -2.31. The van der Waals surface area contributed by atoms with Gasteiger partial charge in [-0.05, 0) is 23.8 Å². The van der Waals surface area contributed by atoms with Crippen molar-refractivity contribution in [1.82, 2.24) is 9.78 Å². The Morgan fingerprint density at radius 2 is 1.58 bits per heavy atom. The summed E-state index contributed by atoms with van der Waals surface area (Å²) in [6, 6.07) is 8.53. The number of para-hydroxylation sites is 1. The summed E-state index contributed by atoms with van der Waals surface area (Å²) >= 11 is 0. The van der Waals surface area contributed by atoms with Gasteiger partial charge in [-0.1, -0.05) is 24.3 Å². The summed E-state index contributed by atoms with van der Waals surface area (Å²) in [7, 11) is 0. The molecule has 0 saturated heterocycles. The molecule has 3 rings (SSSR count). The fourth-order valence-corrected chi connectivity index (χ4v) is 2.47. The zero-order chi connectivity index (χ0) is 17.5. The number of nitrogens with zero attached hydrogens (tertiary/aromatic N) is 2. The largest absolute Gasteiger partial charge is 0.416 e. The van der Waals surface area contributed by atoms with E-state index in [0.717, 1.165) is 11.5 Å². The topological polar surface area (TPSA) is 17.8 Å². The van der Waals surface area contributed by atoms with Crippen molar-refractivity contribution >= 4 is 10.9 Å². The van der Waals surface area contributed by atoms with Crippen molar-refractivity contribution in [3.8, 4) is 0 Å². The number of rotatable bonds is 2. The van der Waals surface area contributed by atoms with Crippen molar-refractivity contribution in [2.24, 2.45) is 0 Å². The van der Waals surface area contributed by atoms with E-state index in [0.29, 0.717) is 11.6 Å². The van der Waals surface area contributed by atoms with Gasteiger partial charge in [-0.2, -0.15) is 31.4 Å². The number of fused-ring (bicyclic) bond motifs is 1. The standard InChI is InChI=1S/C16H10F6N2/c17-15(18,19)12-6-5-11(13(7-12)16(20,21)22)9-24-14-4-2-1-3-10(14)8-23-24/h1-8H,9H2. The van der Waals surface area contributed by atoms with Crippen LogP contribution in [-0.2, 0) is 18.9 Å². The van der Waals surface area contributed by atoms with Crippen LogP contribution in [0, 0.1) is 0 Å². The second-order valence-electron chi connectivity index (χ2n) is 5.23. The highest BCUT2D eigenvalue weighted by molar-refractivity contribution is 5.78. The van der Waals surface area contributed by atoms with Crippen LogP contribution in [0.1, 0.15) is 16.7 Å². The third-order valence-corrected chi connectivity index (χ3v) is 3.61. The van der Waals surface area contributed by atoms with Crippen molar-refractivity contribution < 1.29 is 26.3 Å². The van der Waals surface area contributed by atoms with Gasteiger partial charge in [-0.25, -0.2) is 0 Å². The van der Waals surface area contributed by atoms with E-state index in [2.05, 4.69) is 5.10 Å². The summed E-state index contributed by atoms with van der Waals surface area (Å²) in [6.07, 6.45) is -8.23. The maximum absolute atomic E-state index is 13.2. The highest BCUT2D eigenvalue weighted by Gasteiger charge is 2.38. The lowest BCUT2D eigenvalue weighted by Gasteiger charge is -2.16. The van der Waals surface area contributed by atoms with Gasteiger partial charge in [0.05, 0.1) is 29.4 Å². The molecule has 1 heterocycles. The molecule has 3 aromatic rings. The first-order valence-corrected chi connectivity index (χ1v) is 6.84. The van der Waals surface area contributed by atoms with Crippen LogP contribution < -0.4 is 0 Å². The Bertz CT molecular complexity index is 876. The molecule has 1 aromatic heterocycles. The van der Waals surface area contributed by atoms with Crippen LogP contribution in [0.4, 0.5) is 26.3 Å². The van der Waals surface area contributed by atoms with E-state index >= 15 is 0 Å². The zero-order valence-corrected chi connectivity index (χ0v) is 12.0. The number of halogens is 6. The fourth-order valence-electron chi connectivity index (χ4n) is 2.47. The molecule has 0 aliphatic carbocycles. The molecule has 2 aromatic carbocycles. The molecule has 0 amide bonds. The summed E-state index contributed by atoms with van der Waals surface area (Å²) in [5, 5.41) is 4.75. The smallest absolute Gasteiger partial charge is 0.260 e. The van der Waals surface area contributed by atoms with Crippen LogP contribution in [0.3, 0.4) is 0 Å². The average molecular weight is 344 g/mol. The summed E-state index contributed by atoms with van der Waals surface area (Å²) < 4.78 is 78.9. The average Bonchev–Trinajstić information content (AvgIpc) is 2.89. The molecule has 0 aliphatic heterocycles. The molecule has 24 heavy (non-hydrogen) atoms. The van der Waals surface area contributed by atoms with Gasteiger partial charge in [0.15, 0.2) is 0 Å². The van der Waals surface area contributed by atoms with E-state index < -0.39 is 23.5 Å². The first kappa shape index (κ1) is 16.4. The Kier molecular flexibility index (Phi) is 3.77. The van der Waals surface area contributed by atoms with Crippen molar-refractivity contribution in [1.29, 1.82) is 0 Å². The third kappa shape index (κ3) is 3.08. The number of aromatic nitrogens is 2. The molecule has 0 radical (unpaired) electrons. The van der Waals surface area contributed by atoms with Gasteiger partial charge in [0, 0.05) is 5.39 Å². The van der Waals surface area contributed by atoms with Gasteiger partial charge in [0.1, 0.15) is 0 Å². The lowest BCUT2D eigenvalue weighted by molar-refractivity contribution is -0.143. The highest BCUT2D eigenvalue weighted by atomic mass is 19.4. The van der Waals surface area contributed by atoms with Crippen molar-refractivity contribution in [3.63, 3.8) is 0 Å². The lowest BCUT2D eigenvalue weighted by atomic mass is 10.0. The second-order valence-corrected chi connectivity index (χ2v) is 5.23. The normalized spacial score (nSPS) is 12.8. The van der Waals surface area contributed by atoms with Gasteiger partial charge < -0.3 is 0 Å². The highest BCUT2D eigenvalue weighted by Crippen LogP contribution is 2.37. The Morgan fingerprint density at radius 1 is 0.875 bits per heavy atom. The van der Waals surface area contributed by atoms with E-state index in [9.17, 15) is 26.3 Å². The van der Waals surface area contributed by atoms with E-state index in [-0.39, 0.29) is 18.2 Å². The molecule has 126 valence electrons. The molecule has 0 aliphatic rings. The maximum atomic E-state index is 13.2. The van der Waals surface area contributed by atoms with E-state index in [1.807, 2.05) is 0 Å². The van der Waals surface area contributed by atoms with Crippen LogP contribution in [0.2, 0.25) is 0 Å². The minimum absolute atomic E-state index is 0.140. The number of hydrogen-bond acceptors (Lipinski definition) is 1. The molecule has 0 spiro atoms. The van der Waals surface area contributed by atoms with Gasteiger partial charge in [-0.3, -0.25) is 4.68 Å². The molecule has 0 saturated carbocycles. The first-order chi connectivity index (χ1) is 11.2. The molecule has 0 N–H and O–H groups in total. The predicted octanol–water partition coefficient (Wildman–Crippen LogP) is 5.12. The molecule has 2 nitrogen and oxygen atoms in total. The third-order valence-electron chi connectivity index (χ3n) is 3.61. The van der Waals surface area contributed by atoms with Gasteiger partial charge >= 0.3 is 12.4 Å². The second kappa shape index (κ2) is 5.54. The Morgan fingerprint density at radius 3 is 2.25 bits per heavy atom. The Balaban J connectivity index is 2.07. The van der Waals surface area contributed by atoms with Crippen LogP contribution in [-0.4, -0.2) is 9.78 Å². The van der Waals surface area contributed by atoms with E-state index in [4.69, 9.17) is 0 Å². The minimum Gasteiger partial charge on any atom is -0.260 e. The number of hydrogen-bond donors (Lipinski definition) is 0. The summed E-state index contributed by atoms with van der Waals surface area (Å²) in [4.78, 5) is 0. The lowest BCUT2D eigenvalue weighted by Crippen LogP contribution is -2.15. The van der Waals surface area contributed by atoms with Crippen LogP contribution in [0.5, 0.6) is 0 Å². The number of benzene rings is 2. The number of alkyl halides is 6. The van der Waals surface area contributed by atoms with Crippen molar-refractivity contribution in [3.05, 3.63) is 65.4 Å². The summed E-state index contributed by atoms with van der Waals surface area (Å²) in [5.74, 6) is 0. The molecule has 0 fully saturated rings. The fraction of sp³-hybridized carbons (Fsp3) is 0.188. The zero-order valence-electron chi connectivity index (χ0n) is 12.0. The quantitative estimate of drug-likeness (QED) is 0.590. The Hall–Kier alpha value is -2.51.